The minimum absolute atomic E-state index is 0. The maximum Gasteiger partial charge on any atom is 0.109 e. The molecule has 0 saturated heterocycles. The summed E-state index contributed by atoms with van der Waals surface area (Å²) in [5, 5.41) is 12.0. The first-order chi connectivity index (χ1) is 10.3. The Labute approximate surface area is 136 Å². The second-order valence-corrected chi connectivity index (χ2v) is 5.67. The lowest BCUT2D eigenvalue weighted by Gasteiger charge is -2.08. The first-order valence-electron chi connectivity index (χ1n) is 7.66. The van der Waals surface area contributed by atoms with Crippen molar-refractivity contribution in [3.63, 3.8) is 0 Å². The first-order valence-corrected chi connectivity index (χ1v) is 7.66. The molecule has 5 nitrogen and oxygen atoms in total. The lowest BCUT2D eigenvalue weighted by Crippen LogP contribution is -2.12. The van der Waals surface area contributed by atoms with Crippen LogP contribution in [0.2, 0.25) is 0 Å². The number of hydrogen-bond acceptors (Lipinski definition) is 3. The standard InChI is InChI=1S/C15H22FN5.ClH/c16-5-6-20-11-13(9-18-20)7-17-8-14-10-19-21(12-14)15-3-1-2-4-15;/h9-12,15,17H,1-8H2;1H. The van der Waals surface area contributed by atoms with Crippen LogP contribution >= 0.6 is 12.4 Å². The largest absolute Gasteiger partial charge is 0.308 e. The quantitative estimate of drug-likeness (QED) is 0.850. The van der Waals surface area contributed by atoms with Gasteiger partial charge in [0.2, 0.25) is 0 Å². The molecule has 0 aliphatic heterocycles. The van der Waals surface area contributed by atoms with Gasteiger partial charge in [0, 0.05) is 36.6 Å². The monoisotopic (exact) mass is 327 g/mol. The van der Waals surface area contributed by atoms with Crippen molar-refractivity contribution >= 4 is 12.4 Å². The highest BCUT2D eigenvalue weighted by atomic mass is 35.5. The SMILES string of the molecule is Cl.FCCn1cc(CNCc2cnn(C3CCCC3)c2)cn1. The Bertz CT molecular complexity index is 562. The molecule has 0 bridgehead atoms. The Balaban J connectivity index is 0.00000176. The van der Waals surface area contributed by atoms with Gasteiger partial charge < -0.3 is 5.32 Å². The molecule has 0 unspecified atom stereocenters. The lowest BCUT2D eigenvalue weighted by atomic mass is 10.2. The topological polar surface area (TPSA) is 47.7 Å². The minimum atomic E-state index is -0.380. The van der Waals surface area contributed by atoms with E-state index < -0.39 is 0 Å². The van der Waals surface area contributed by atoms with Gasteiger partial charge in [0.15, 0.2) is 0 Å². The van der Waals surface area contributed by atoms with E-state index in [-0.39, 0.29) is 19.1 Å². The molecule has 2 aromatic heterocycles. The van der Waals surface area contributed by atoms with Crippen LogP contribution in [0.15, 0.2) is 24.8 Å². The molecule has 1 N–H and O–H groups in total. The Morgan fingerprint density at radius 2 is 1.77 bits per heavy atom. The van der Waals surface area contributed by atoms with Crippen molar-refractivity contribution < 1.29 is 4.39 Å². The van der Waals surface area contributed by atoms with Gasteiger partial charge >= 0.3 is 0 Å². The number of halogens is 2. The Kier molecular flexibility index (Phi) is 6.39. The summed E-state index contributed by atoms with van der Waals surface area (Å²) in [7, 11) is 0. The smallest absolute Gasteiger partial charge is 0.109 e. The van der Waals surface area contributed by atoms with Gasteiger partial charge in [-0.3, -0.25) is 9.36 Å². The number of aromatic nitrogens is 4. The third-order valence-electron chi connectivity index (χ3n) is 4.01. The molecule has 122 valence electrons. The zero-order valence-corrected chi connectivity index (χ0v) is 13.4. The summed E-state index contributed by atoms with van der Waals surface area (Å²) in [5.74, 6) is 0. The van der Waals surface area contributed by atoms with Crippen molar-refractivity contribution in [3.8, 4) is 0 Å². The second kappa shape index (κ2) is 8.29. The molecule has 0 aromatic carbocycles. The van der Waals surface area contributed by atoms with Gasteiger partial charge in [-0.05, 0) is 12.8 Å². The van der Waals surface area contributed by atoms with Crippen molar-refractivity contribution in [3.05, 3.63) is 35.9 Å². The van der Waals surface area contributed by atoms with E-state index in [0.717, 1.165) is 18.7 Å². The van der Waals surface area contributed by atoms with Gasteiger partial charge in [-0.25, -0.2) is 4.39 Å². The summed E-state index contributed by atoms with van der Waals surface area (Å²) < 4.78 is 16.0. The number of alkyl halides is 1. The second-order valence-electron chi connectivity index (χ2n) is 5.67. The van der Waals surface area contributed by atoms with E-state index in [1.54, 1.807) is 10.9 Å². The van der Waals surface area contributed by atoms with Crippen LogP contribution in [0.4, 0.5) is 4.39 Å². The van der Waals surface area contributed by atoms with Crippen LogP contribution in [-0.2, 0) is 19.6 Å². The van der Waals surface area contributed by atoms with Crippen LogP contribution < -0.4 is 5.32 Å². The average Bonchev–Trinajstić information content (AvgIpc) is 3.20. The molecule has 7 heteroatoms. The number of nitrogens with zero attached hydrogens (tertiary/aromatic N) is 4. The van der Waals surface area contributed by atoms with Gasteiger partial charge in [-0.1, -0.05) is 12.8 Å². The fourth-order valence-electron chi connectivity index (χ4n) is 2.89. The molecule has 3 rings (SSSR count). The van der Waals surface area contributed by atoms with Crippen LogP contribution in [0, 0.1) is 0 Å². The van der Waals surface area contributed by atoms with E-state index in [1.165, 1.54) is 31.2 Å². The molecule has 1 fully saturated rings. The normalized spacial score (nSPS) is 15.1. The lowest BCUT2D eigenvalue weighted by molar-refractivity contribution is 0.427. The van der Waals surface area contributed by atoms with Crippen molar-refractivity contribution in [1.82, 2.24) is 24.9 Å². The fraction of sp³-hybridized carbons (Fsp3) is 0.600. The number of nitrogens with one attached hydrogen (secondary N) is 1. The van der Waals surface area contributed by atoms with E-state index in [1.807, 2.05) is 12.4 Å². The highest BCUT2D eigenvalue weighted by Gasteiger charge is 2.17. The first kappa shape index (κ1) is 17.0. The van der Waals surface area contributed by atoms with Crippen LogP contribution in [0.3, 0.4) is 0 Å². The van der Waals surface area contributed by atoms with E-state index in [4.69, 9.17) is 0 Å². The zero-order valence-electron chi connectivity index (χ0n) is 12.6. The summed E-state index contributed by atoms with van der Waals surface area (Å²) in [6.07, 6.45) is 12.9. The van der Waals surface area contributed by atoms with Gasteiger partial charge in [0.1, 0.15) is 6.67 Å². The fourth-order valence-corrected chi connectivity index (χ4v) is 2.89. The number of hydrogen-bond donors (Lipinski definition) is 1. The number of rotatable bonds is 7. The molecule has 0 radical (unpaired) electrons. The molecular weight excluding hydrogens is 305 g/mol. The summed E-state index contributed by atoms with van der Waals surface area (Å²) in [6.45, 7) is 1.48. The molecule has 2 heterocycles. The van der Waals surface area contributed by atoms with Gasteiger partial charge in [0.25, 0.3) is 0 Å². The van der Waals surface area contributed by atoms with Crippen molar-refractivity contribution in [2.45, 2.75) is 51.4 Å². The molecule has 1 aliphatic carbocycles. The predicted molar refractivity (Wildman–Crippen MR) is 85.7 cm³/mol. The van der Waals surface area contributed by atoms with Gasteiger partial charge in [0.05, 0.1) is 25.0 Å². The molecular formula is C15H23ClFN5. The third kappa shape index (κ3) is 4.30. The van der Waals surface area contributed by atoms with Crippen molar-refractivity contribution in [1.29, 1.82) is 0 Å². The van der Waals surface area contributed by atoms with Crippen LogP contribution in [0.5, 0.6) is 0 Å². The van der Waals surface area contributed by atoms with Gasteiger partial charge in [-0.2, -0.15) is 10.2 Å². The Hall–Kier alpha value is -1.40. The molecule has 0 atom stereocenters. The Morgan fingerprint density at radius 1 is 1.09 bits per heavy atom. The molecule has 1 saturated carbocycles. The molecule has 1 aliphatic rings. The van der Waals surface area contributed by atoms with E-state index in [2.05, 4.69) is 26.4 Å². The van der Waals surface area contributed by atoms with Crippen LogP contribution in [0.25, 0.3) is 0 Å². The Morgan fingerprint density at radius 3 is 2.50 bits per heavy atom. The van der Waals surface area contributed by atoms with Crippen molar-refractivity contribution in [2.75, 3.05) is 6.67 Å². The van der Waals surface area contributed by atoms with E-state index in [0.29, 0.717) is 12.6 Å². The van der Waals surface area contributed by atoms with Crippen molar-refractivity contribution in [2.24, 2.45) is 0 Å². The molecule has 2 aromatic rings. The van der Waals surface area contributed by atoms with E-state index in [9.17, 15) is 4.39 Å². The van der Waals surface area contributed by atoms with Crippen LogP contribution in [0.1, 0.15) is 42.9 Å². The molecule has 0 spiro atoms. The highest BCUT2D eigenvalue weighted by Crippen LogP contribution is 2.28. The summed E-state index contributed by atoms with van der Waals surface area (Å²) in [6, 6.07) is 0.595. The highest BCUT2D eigenvalue weighted by molar-refractivity contribution is 5.85. The average molecular weight is 328 g/mol. The van der Waals surface area contributed by atoms with Crippen LogP contribution in [-0.4, -0.2) is 26.2 Å². The minimum Gasteiger partial charge on any atom is -0.308 e. The molecule has 22 heavy (non-hydrogen) atoms. The maximum absolute atomic E-state index is 12.2. The summed E-state index contributed by atoms with van der Waals surface area (Å²) in [4.78, 5) is 0. The summed E-state index contributed by atoms with van der Waals surface area (Å²) in [5.41, 5.74) is 2.28. The molecule has 0 amide bonds. The predicted octanol–water partition coefficient (Wildman–Crippen LogP) is 2.88. The van der Waals surface area contributed by atoms with Gasteiger partial charge in [-0.15, -0.1) is 12.4 Å². The van der Waals surface area contributed by atoms with E-state index >= 15 is 0 Å². The summed E-state index contributed by atoms with van der Waals surface area (Å²) >= 11 is 0. The maximum atomic E-state index is 12.2. The zero-order chi connectivity index (χ0) is 14.5. The third-order valence-corrected chi connectivity index (χ3v) is 4.01. The number of aryl methyl sites for hydroxylation is 1.